The van der Waals surface area contributed by atoms with Crippen molar-refractivity contribution in [2.75, 3.05) is 7.05 Å². The van der Waals surface area contributed by atoms with Crippen molar-refractivity contribution in [1.29, 1.82) is 0 Å². The van der Waals surface area contributed by atoms with Gasteiger partial charge in [-0.3, -0.25) is 0 Å². The van der Waals surface area contributed by atoms with Crippen LogP contribution in [0.5, 0.6) is 0 Å². The first-order valence-corrected chi connectivity index (χ1v) is 6.82. The summed E-state index contributed by atoms with van der Waals surface area (Å²) in [5.41, 5.74) is 1.59. The molecule has 0 amide bonds. The average Bonchev–Trinajstić information content (AvgIpc) is 2.44. The maximum absolute atomic E-state index is 13.7. The molecule has 0 heterocycles. The summed E-state index contributed by atoms with van der Waals surface area (Å²) >= 11 is 5.89. The van der Waals surface area contributed by atoms with Gasteiger partial charge in [0, 0.05) is 11.1 Å². The number of rotatable bonds is 5. The number of likely N-dealkylation sites (N-methyl/N-ethyl adjacent to an activating group) is 1. The number of hydrogen-bond donors (Lipinski definition) is 1. The summed E-state index contributed by atoms with van der Waals surface area (Å²) in [4.78, 5) is 0. The molecule has 2 aromatic rings. The fourth-order valence-corrected chi connectivity index (χ4v) is 2.34. The van der Waals surface area contributed by atoms with E-state index in [9.17, 15) is 8.78 Å². The molecule has 1 unspecified atom stereocenters. The highest BCUT2D eigenvalue weighted by Gasteiger charge is 2.12. The molecular weight excluding hydrogens is 280 g/mol. The Balaban J connectivity index is 2.08. The lowest BCUT2D eigenvalue weighted by atomic mass is 9.99. The molecule has 0 bridgehead atoms. The monoisotopic (exact) mass is 295 g/mol. The molecule has 1 atom stereocenters. The molecule has 0 saturated carbocycles. The molecule has 0 spiro atoms. The van der Waals surface area contributed by atoms with E-state index in [-0.39, 0.29) is 17.7 Å². The first kappa shape index (κ1) is 14.9. The van der Waals surface area contributed by atoms with Gasteiger partial charge >= 0.3 is 0 Å². The predicted molar refractivity (Wildman–Crippen MR) is 78.1 cm³/mol. The van der Waals surface area contributed by atoms with Crippen LogP contribution in [0.1, 0.15) is 11.1 Å². The minimum Gasteiger partial charge on any atom is -0.316 e. The van der Waals surface area contributed by atoms with Crippen LogP contribution < -0.4 is 5.32 Å². The topological polar surface area (TPSA) is 12.0 Å². The van der Waals surface area contributed by atoms with Crippen LogP contribution in [-0.4, -0.2) is 13.1 Å². The summed E-state index contributed by atoms with van der Waals surface area (Å²) in [6, 6.07) is 11.0. The van der Waals surface area contributed by atoms with E-state index in [1.165, 1.54) is 24.3 Å². The normalized spacial score (nSPS) is 12.4. The molecule has 106 valence electrons. The number of hydrogen-bond acceptors (Lipinski definition) is 1. The second-order valence-corrected chi connectivity index (χ2v) is 5.19. The van der Waals surface area contributed by atoms with Gasteiger partial charge in [0.15, 0.2) is 0 Å². The zero-order valence-corrected chi connectivity index (χ0v) is 11.9. The molecule has 1 N–H and O–H groups in total. The van der Waals surface area contributed by atoms with Crippen LogP contribution in [0, 0.1) is 11.6 Å². The minimum absolute atomic E-state index is 0.0634. The summed E-state index contributed by atoms with van der Waals surface area (Å²) in [5, 5.41) is 3.68. The van der Waals surface area contributed by atoms with Crippen LogP contribution in [0.4, 0.5) is 8.78 Å². The summed E-state index contributed by atoms with van der Waals surface area (Å²) in [6.45, 7) is 0. The molecule has 2 rings (SSSR count). The molecule has 0 aliphatic carbocycles. The smallest absolute Gasteiger partial charge is 0.126 e. The van der Waals surface area contributed by atoms with E-state index < -0.39 is 0 Å². The van der Waals surface area contributed by atoms with Gasteiger partial charge in [0.2, 0.25) is 0 Å². The molecule has 0 saturated heterocycles. The quantitative estimate of drug-likeness (QED) is 0.879. The second kappa shape index (κ2) is 6.82. The van der Waals surface area contributed by atoms with Gasteiger partial charge in [-0.25, -0.2) is 8.78 Å². The van der Waals surface area contributed by atoms with Crippen molar-refractivity contribution in [3.63, 3.8) is 0 Å². The highest BCUT2D eigenvalue weighted by molar-refractivity contribution is 6.30. The van der Waals surface area contributed by atoms with Gasteiger partial charge in [-0.15, -0.1) is 0 Å². The Bertz CT molecular complexity index is 569. The van der Waals surface area contributed by atoms with E-state index >= 15 is 0 Å². The highest BCUT2D eigenvalue weighted by atomic mass is 35.5. The summed E-state index contributed by atoms with van der Waals surface area (Å²) < 4.78 is 26.6. The van der Waals surface area contributed by atoms with Crippen molar-refractivity contribution < 1.29 is 8.78 Å². The maximum Gasteiger partial charge on any atom is 0.126 e. The van der Waals surface area contributed by atoms with Crippen molar-refractivity contribution in [2.24, 2.45) is 0 Å². The van der Waals surface area contributed by atoms with Crippen molar-refractivity contribution in [3.8, 4) is 0 Å². The standard InChI is InChI=1S/C16H16ClF2N/c1-20-15(8-11-2-5-14(18)6-3-11)10-12-9-13(17)4-7-16(12)19/h2-7,9,15,20H,8,10H2,1H3. The SMILES string of the molecule is CNC(Cc1ccc(F)cc1)Cc1cc(Cl)ccc1F. The lowest BCUT2D eigenvalue weighted by Crippen LogP contribution is -2.30. The predicted octanol–water partition coefficient (Wildman–Crippen LogP) is 3.99. The van der Waals surface area contributed by atoms with Gasteiger partial charge in [0.1, 0.15) is 11.6 Å². The van der Waals surface area contributed by atoms with Gasteiger partial charge in [0.25, 0.3) is 0 Å². The van der Waals surface area contributed by atoms with Crippen LogP contribution >= 0.6 is 11.6 Å². The number of nitrogens with one attached hydrogen (secondary N) is 1. The van der Waals surface area contributed by atoms with Crippen LogP contribution in [-0.2, 0) is 12.8 Å². The molecule has 4 heteroatoms. The first-order chi connectivity index (χ1) is 9.58. The molecule has 1 nitrogen and oxygen atoms in total. The van der Waals surface area contributed by atoms with Gasteiger partial charge in [-0.1, -0.05) is 23.7 Å². The Labute approximate surface area is 122 Å². The Morgan fingerprint density at radius 3 is 2.40 bits per heavy atom. The van der Waals surface area contributed by atoms with Crippen molar-refractivity contribution in [1.82, 2.24) is 5.32 Å². The lowest BCUT2D eigenvalue weighted by molar-refractivity contribution is 0.531. The van der Waals surface area contributed by atoms with Crippen molar-refractivity contribution in [3.05, 3.63) is 70.2 Å². The molecule has 20 heavy (non-hydrogen) atoms. The van der Waals surface area contributed by atoms with Crippen molar-refractivity contribution >= 4 is 11.6 Å². The molecular formula is C16H16ClF2N. The fraction of sp³-hybridized carbons (Fsp3) is 0.250. The van der Waals surface area contributed by atoms with Crippen LogP contribution in [0.2, 0.25) is 5.02 Å². The highest BCUT2D eigenvalue weighted by Crippen LogP contribution is 2.17. The summed E-state index contributed by atoms with van der Waals surface area (Å²) in [5.74, 6) is -0.510. The van der Waals surface area contributed by atoms with Gasteiger partial charge in [-0.05, 0) is 61.3 Å². The fourth-order valence-electron chi connectivity index (χ4n) is 2.15. The van der Waals surface area contributed by atoms with Crippen LogP contribution in [0.3, 0.4) is 0 Å². The Kier molecular flexibility index (Phi) is 5.10. The third-order valence-electron chi connectivity index (χ3n) is 3.28. The third-order valence-corrected chi connectivity index (χ3v) is 3.51. The number of halogens is 3. The zero-order valence-electron chi connectivity index (χ0n) is 11.2. The molecule has 0 aliphatic heterocycles. The minimum atomic E-state index is -0.256. The van der Waals surface area contributed by atoms with Crippen LogP contribution in [0.15, 0.2) is 42.5 Å². The van der Waals surface area contributed by atoms with E-state index in [0.717, 1.165) is 5.56 Å². The molecule has 2 aromatic carbocycles. The molecule has 0 radical (unpaired) electrons. The Hall–Kier alpha value is -1.45. The van der Waals surface area contributed by atoms with Gasteiger partial charge in [0.05, 0.1) is 0 Å². The summed E-state index contributed by atoms with van der Waals surface area (Å²) in [6.07, 6.45) is 1.23. The van der Waals surface area contributed by atoms with E-state index in [2.05, 4.69) is 5.32 Å². The second-order valence-electron chi connectivity index (χ2n) is 4.76. The van der Waals surface area contributed by atoms with Gasteiger partial charge in [-0.2, -0.15) is 0 Å². The van der Waals surface area contributed by atoms with Gasteiger partial charge < -0.3 is 5.32 Å². The average molecular weight is 296 g/mol. The van der Waals surface area contributed by atoms with E-state index in [0.29, 0.717) is 23.4 Å². The number of benzene rings is 2. The maximum atomic E-state index is 13.7. The zero-order chi connectivity index (χ0) is 14.5. The Morgan fingerprint density at radius 1 is 1.05 bits per heavy atom. The molecule has 0 aliphatic rings. The Morgan fingerprint density at radius 2 is 1.75 bits per heavy atom. The van der Waals surface area contributed by atoms with E-state index in [1.807, 2.05) is 7.05 Å². The lowest BCUT2D eigenvalue weighted by Gasteiger charge is -2.17. The largest absolute Gasteiger partial charge is 0.316 e. The molecule has 0 fully saturated rings. The van der Waals surface area contributed by atoms with E-state index in [1.54, 1.807) is 18.2 Å². The summed E-state index contributed by atoms with van der Waals surface area (Å²) in [7, 11) is 1.83. The van der Waals surface area contributed by atoms with Crippen LogP contribution in [0.25, 0.3) is 0 Å². The first-order valence-electron chi connectivity index (χ1n) is 6.44. The van der Waals surface area contributed by atoms with E-state index in [4.69, 9.17) is 11.6 Å². The van der Waals surface area contributed by atoms with Crippen molar-refractivity contribution in [2.45, 2.75) is 18.9 Å². The third kappa shape index (κ3) is 4.02. The molecule has 0 aromatic heterocycles.